The molecule has 0 aliphatic carbocycles. The quantitative estimate of drug-likeness (QED) is 0.699. The molecule has 2 heterocycles. The van der Waals surface area contributed by atoms with E-state index in [9.17, 15) is 9.90 Å². The second-order valence-electron chi connectivity index (χ2n) is 6.28. The van der Waals surface area contributed by atoms with Gasteiger partial charge in [-0.05, 0) is 49.1 Å². The van der Waals surface area contributed by atoms with Gasteiger partial charge in [0.25, 0.3) is 0 Å². The summed E-state index contributed by atoms with van der Waals surface area (Å²) in [4.78, 5) is 14.3. The van der Waals surface area contributed by atoms with E-state index in [4.69, 9.17) is 0 Å². The molecule has 0 spiro atoms. The van der Waals surface area contributed by atoms with Gasteiger partial charge in [0, 0.05) is 32.2 Å². The van der Waals surface area contributed by atoms with Crippen LogP contribution in [0.15, 0.2) is 28.5 Å². The van der Waals surface area contributed by atoms with Gasteiger partial charge in [0.15, 0.2) is 0 Å². The summed E-state index contributed by atoms with van der Waals surface area (Å²) in [6.07, 6.45) is 3.54. The first-order valence-corrected chi connectivity index (χ1v) is 9.09. The van der Waals surface area contributed by atoms with Gasteiger partial charge < -0.3 is 15.7 Å². The first-order valence-electron chi connectivity index (χ1n) is 8.15. The van der Waals surface area contributed by atoms with Crippen LogP contribution in [0.5, 0.6) is 0 Å². The van der Waals surface area contributed by atoms with Crippen LogP contribution < -0.4 is 10.6 Å². The number of nitrogens with zero attached hydrogens (tertiary/aromatic N) is 1. The molecule has 0 aromatic carbocycles. The van der Waals surface area contributed by atoms with Crippen molar-refractivity contribution in [2.45, 2.75) is 38.8 Å². The van der Waals surface area contributed by atoms with Crippen molar-refractivity contribution in [2.24, 2.45) is 0 Å². The number of aliphatic hydroxyl groups excluding tert-OH is 1. The Labute approximate surface area is 142 Å². The van der Waals surface area contributed by atoms with Crippen LogP contribution in [0.3, 0.4) is 0 Å². The van der Waals surface area contributed by atoms with Crippen LogP contribution in [0.2, 0.25) is 0 Å². The molecule has 1 aliphatic rings. The van der Waals surface area contributed by atoms with Gasteiger partial charge in [-0.3, -0.25) is 4.90 Å². The first kappa shape index (κ1) is 18.0. The molecule has 2 rings (SSSR count). The summed E-state index contributed by atoms with van der Waals surface area (Å²) >= 11 is 1.54. The smallest absolute Gasteiger partial charge is 0.315 e. The van der Waals surface area contributed by atoms with Gasteiger partial charge in [-0.25, -0.2) is 4.79 Å². The zero-order valence-electron chi connectivity index (χ0n) is 13.9. The van der Waals surface area contributed by atoms with E-state index in [2.05, 4.69) is 35.5 Å². The molecule has 3 N–H and O–H groups in total. The SMILES string of the molecule is CC(C)=CCN1CCC(NC(=O)NCC(O)c2ccsc2)CC1. The van der Waals surface area contributed by atoms with Crippen LogP contribution in [0.25, 0.3) is 0 Å². The van der Waals surface area contributed by atoms with Crippen LogP contribution in [0.1, 0.15) is 38.4 Å². The number of urea groups is 1. The largest absolute Gasteiger partial charge is 0.387 e. The van der Waals surface area contributed by atoms with Crippen LogP contribution >= 0.6 is 11.3 Å². The molecule has 23 heavy (non-hydrogen) atoms. The summed E-state index contributed by atoms with van der Waals surface area (Å²) < 4.78 is 0. The van der Waals surface area contributed by atoms with E-state index < -0.39 is 6.10 Å². The van der Waals surface area contributed by atoms with E-state index in [0.717, 1.165) is 38.0 Å². The van der Waals surface area contributed by atoms with Crippen molar-refractivity contribution in [3.63, 3.8) is 0 Å². The van der Waals surface area contributed by atoms with E-state index >= 15 is 0 Å². The number of rotatable bonds is 6. The molecule has 1 unspecified atom stereocenters. The summed E-state index contributed by atoms with van der Waals surface area (Å²) in [7, 11) is 0. The highest BCUT2D eigenvalue weighted by atomic mass is 32.1. The molecule has 0 saturated carbocycles. The zero-order valence-corrected chi connectivity index (χ0v) is 14.7. The minimum Gasteiger partial charge on any atom is -0.387 e. The molecule has 1 saturated heterocycles. The Balaban J connectivity index is 1.64. The highest BCUT2D eigenvalue weighted by Crippen LogP contribution is 2.15. The van der Waals surface area contributed by atoms with E-state index in [1.807, 2.05) is 16.8 Å². The van der Waals surface area contributed by atoms with E-state index in [-0.39, 0.29) is 18.6 Å². The fourth-order valence-corrected chi connectivity index (χ4v) is 3.29. The predicted molar refractivity (Wildman–Crippen MR) is 94.7 cm³/mol. The van der Waals surface area contributed by atoms with Crippen LogP contribution in [-0.4, -0.2) is 48.3 Å². The van der Waals surface area contributed by atoms with Crippen molar-refractivity contribution in [1.82, 2.24) is 15.5 Å². The lowest BCUT2D eigenvalue weighted by atomic mass is 10.1. The predicted octanol–water partition coefficient (Wildman–Crippen LogP) is 2.51. The van der Waals surface area contributed by atoms with Gasteiger partial charge in [-0.1, -0.05) is 11.6 Å². The molecule has 1 aromatic heterocycles. The summed E-state index contributed by atoms with van der Waals surface area (Å²) in [6.45, 7) is 7.47. The normalized spacial score (nSPS) is 17.5. The summed E-state index contributed by atoms with van der Waals surface area (Å²) in [6, 6.07) is 1.90. The maximum atomic E-state index is 11.9. The highest BCUT2D eigenvalue weighted by Gasteiger charge is 2.20. The second kappa shape index (κ2) is 9.05. The lowest BCUT2D eigenvalue weighted by Gasteiger charge is -2.31. The third-order valence-corrected chi connectivity index (χ3v) is 4.77. The molecule has 1 atom stereocenters. The molecule has 0 radical (unpaired) electrons. The lowest BCUT2D eigenvalue weighted by molar-refractivity contribution is 0.170. The number of aliphatic hydroxyl groups is 1. The molecule has 1 fully saturated rings. The Morgan fingerprint density at radius 2 is 2.22 bits per heavy atom. The maximum Gasteiger partial charge on any atom is 0.315 e. The number of piperidine rings is 1. The fourth-order valence-electron chi connectivity index (χ4n) is 2.58. The van der Waals surface area contributed by atoms with Crippen molar-refractivity contribution < 1.29 is 9.90 Å². The number of carbonyl (C=O) groups excluding carboxylic acids is 1. The van der Waals surface area contributed by atoms with Gasteiger partial charge >= 0.3 is 6.03 Å². The Hall–Kier alpha value is -1.37. The molecule has 0 bridgehead atoms. The number of likely N-dealkylation sites (tertiary alicyclic amines) is 1. The number of carbonyl (C=O) groups is 1. The average molecular weight is 337 g/mol. The monoisotopic (exact) mass is 337 g/mol. The van der Waals surface area contributed by atoms with Crippen LogP contribution in [0.4, 0.5) is 4.79 Å². The lowest BCUT2D eigenvalue weighted by Crippen LogP contribution is -2.48. The number of allylic oxidation sites excluding steroid dienone is 1. The fraction of sp³-hybridized carbons (Fsp3) is 0.588. The van der Waals surface area contributed by atoms with Gasteiger partial charge in [-0.2, -0.15) is 11.3 Å². The molecule has 5 nitrogen and oxygen atoms in total. The maximum absolute atomic E-state index is 11.9. The molecule has 2 amide bonds. The second-order valence-corrected chi connectivity index (χ2v) is 7.06. The Bertz CT molecular complexity index is 504. The van der Waals surface area contributed by atoms with Crippen molar-refractivity contribution in [1.29, 1.82) is 0 Å². The number of amides is 2. The molecule has 6 heteroatoms. The number of thiophene rings is 1. The van der Waals surface area contributed by atoms with E-state index in [0.29, 0.717) is 0 Å². The third-order valence-electron chi connectivity index (χ3n) is 4.06. The van der Waals surface area contributed by atoms with Crippen LogP contribution in [0, 0.1) is 0 Å². The first-order chi connectivity index (χ1) is 11.0. The van der Waals surface area contributed by atoms with Gasteiger partial charge in [0.1, 0.15) is 0 Å². The van der Waals surface area contributed by atoms with Gasteiger partial charge in [0.2, 0.25) is 0 Å². The zero-order chi connectivity index (χ0) is 16.7. The van der Waals surface area contributed by atoms with Crippen molar-refractivity contribution >= 4 is 17.4 Å². The summed E-state index contributed by atoms with van der Waals surface area (Å²) in [5, 5.41) is 19.5. The van der Waals surface area contributed by atoms with E-state index in [1.165, 1.54) is 16.9 Å². The Morgan fingerprint density at radius 3 is 2.83 bits per heavy atom. The number of hydrogen-bond acceptors (Lipinski definition) is 4. The van der Waals surface area contributed by atoms with Crippen molar-refractivity contribution in [3.8, 4) is 0 Å². The topological polar surface area (TPSA) is 64.6 Å². The van der Waals surface area contributed by atoms with E-state index in [1.54, 1.807) is 0 Å². The van der Waals surface area contributed by atoms with Gasteiger partial charge in [0.05, 0.1) is 6.10 Å². The van der Waals surface area contributed by atoms with Crippen molar-refractivity contribution in [3.05, 3.63) is 34.0 Å². The number of hydrogen-bond donors (Lipinski definition) is 3. The standard InChI is InChI=1S/C17H27N3O2S/c1-13(2)3-7-20-8-4-15(5-9-20)19-17(22)18-11-16(21)14-6-10-23-12-14/h3,6,10,12,15-16,21H,4-5,7-9,11H2,1-2H3,(H2,18,19,22). The molecular formula is C17H27N3O2S. The Kier molecular flexibility index (Phi) is 7.08. The highest BCUT2D eigenvalue weighted by molar-refractivity contribution is 7.07. The number of nitrogens with one attached hydrogen (secondary N) is 2. The molecule has 1 aliphatic heterocycles. The molecule has 1 aromatic rings. The van der Waals surface area contributed by atoms with Crippen molar-refractivity contribution in [2.75, 3.05) is 26.2 Å². The molecule has 128 valence electrons. The summed E-state index contributed by atoms with van der Waals surface area (Å²) in [5.74, 6) is 0. The molecular weight excluding hydrogens is 310 g/mol. The van der Waals surface area contributed by atoms with Crippen LogP contribution in [-0.2, 0) is 0 Å². The minimum atomic E-state index is -0.641. The third kappa shape index (κ3) is 6.33. The summed E-state index contributed by atoms with van der Waals surface area (Å²) in [5.41, 5.74) is 2.19. The average Bonchev–Trinajstić information content (AvgIpc) is 3.06. The van der Waals surface area contributed by atoms with Gasteiger partial charge in [-0.15, -0.1) is 0 Å². The minimum absolute atomic E-state index is 0.193. The Morgan fingerprint density at radius 1 is 1.48 bits per heavy atom.